The average Bonchev–Trinajstić information content (AvgIpc) is 3.14. The molecular weight excluding hydrogens is 387 g/mol. The van der Waals surface area contributed by atoms with Crippen molar-refractivity contribution in [3.8, 4) is 0 Å². The summed E-state index contributed by atoms with van der Waals surface area (Å²) in [6.45, 7) is 5.08. The van der Waals surface area contributed by atoms with Crippen molar-refractivity contribution in [3.05, 3.63) is 30.1 Å². The molecule has 8 nitrogen and oxygen atoms in total. The maximum atomic E-state index is 13.1. The van der Waals surface area contributed by atoms with Crippen LogP contribution in [0.15, 0.2) is 29.3 Å². The Morgan fingerprint density at radius 3 is 2.43 bits per heavy atom. The number of amides is 3. The number of likely N-dealkylation sites (N-methyl/N-ethyl adjacent to an activating group) is 2. The summed E-state index contributed by atoms with van der Waals surface area (Å²) in [6, 6.07) is 5.85. The third-order valence-electron chi connectivity index (χ3n) is 6.06. The van der Waals surface area contributed by atoms with E-state index in [1.165, 1.54) is 21.9 Å². The first-order valence-corrected chi connectivity index (χ1v) is 10.4. The molecule has 9 heteroatoms. The Hall–Kier alpha value is -2.81. The topological polar surface area (TPSA) is 62.5 Å². The molecule has 0 radical (unpaired) electrons. The van der Waals surface area contributed by atoms with Gasteiger partial charge in [0.25, 0.3) is 24.1 Å². The van der Waals surface area contributed by atoms with Crippen molar-refractivity contribution in [2.45, 2.75) is 18.9 Å². The van der Waals surface area contributed by atoms with E-state index in [9.17, 15) is 14.0 Å². The molecular formula is C21H28FN6O2+. The quantitative estimate of drug-likeness (QED) is 0.515. The van der Waals surface area contributed by atoms with Crippen LogP contribution in [-0.4, -0.2) is 103 Å². The number of anilines is 1. The summed E-state index contributed by atoms with van der Waals surface area (Å²) >= 11 is 0. The van der Waals surface area contributed by atoms with Gasteiger partial charge in [-0.15, -0.1) is 0 Å². The van der Waals surface area contributed by atoms with Crippen LogP contribution in [0.1, 0.15) is 12.8 Å². The number of carbonyl (C=O) groups excluding carboxylic acids is 2. The summed E-state index contributed by atoms with van der Waals surface area (Å²) in [5.41, 5.74) is 1.05. The van der Waals surface area contributed by atoms with E-state index >= 15 is 0 Å². The first kappa shape index (κ1) is 20.5. The Bertz CT molecular complexity index is 876. The summed E-state index contributed by atoms with van der Waals surface area (Å²) < 4.78 is 14.8. The number of rotatable bonds is 6. The van der Waals surface area contributed by atoms with E-state index in [1.807, 2.05) is 12.1 Å². The number of hydrogen-bond acceptors (Lipinski definition) is 5. The molecule has 160 valence electrons. The number of benzene rings is 1. The van der Waals surface area contributed by atoms with Crippen LogP contribution in [0.5, 0.6) is 0 Å². The zero-order chi connectivity index (χ0) is 21.3. The molecule has 0 spiro atoms. The van der Waals surface area contributed by atoms with Crippen molar-refractivity contribution in [3.63, 3.8) is 0 Å². The molecule has 2 fully saturated rings. The number of piperazine rings is 1. The van der Waals surface area contributed by atoms with Gasteiger partial charge < -0.3 is 4.90 Å². The van der Waals surface area contributed by atoms with Crippen LogP contribution in [0, 0.1) is 5.82 Å². The second-order valence-electron chi connectivity index (χ2n) is 8.01. The maximum Gasteiger partial charge on any atom is 0.333 e. The van der Waals surface area contributed by atoms with E-state index in [-0.39, 0.29) is 17.8 Å². The molecule has 3 heterocycles. The lowest BCUT2D eigenvalue weighted by Crippen LogP contribution is -2.62. The maximum absolute atomic E-state index is 13.1. The van der Waals surface area contributed by atoms with Crippen molar-refractivity contribution in [2.75, 3.05) is 58.3 Å². The smallest absolute Gasteiger partial charge is 0.333 e. The van der Waals surface area contributed by atoms with Crippen LogP contribution >= 0.6 is 0 Å². The van der Waals surface area contributed by atoms with Gasteiger partial charge in [-0.3, -0.25) is 19.5 Å². The molecule has 3 aliphatic heterocycles. The van der Waals surface area contributed by atoms with E-state index in [0.29, 0.717) is 12.4 Å². The van der Waals surface area contributed by atoms with Gasteiger partial charge in [0.2, 0.25) is 0 Å². The minimum Gasteiger partial charge on any atom is -0.369 e. The van der Waals surface area contributed by atoms with Crippen LogP contribution in [0.25, 0.3) is 0 Å². The summed E-state index contributed by atoms with van der Waals surface area (Å²) in [5, 5.41) is 0. The molecule has 0 N–H and O–H groups in total. The second kappa shape index (κ2) is 8.51. The number of halogens is 1. The highest BCUT2D eigenvalue weighted by atomic mass is 19.1. The molecule has 3 aliphatic rings. The SMILES string of the molecule is CN1C(=O)N(CCCCN2CCN(c3ccc(F)cc3)CC2)C(=O)C2C1=NC=[N+]2C. The fourth-order valence-corrected chi connectivity index (χ4v) is 4.24. The number of fused-ring (bicyclic) bond motifs is 1. The molecule has 4 rings (SSSR count). The van der Waals surface area contributed by atoms with Gasteiger partial charge in [-0.1, -0.05) is 0 Å². The number of unbranched alkanes of at least 4 members (excludes halogenated alkanes) is 1. The lowest BCUT2D eigenvalue weighted by atomic mass is 10.1. The highest BCUT2D eigenvalue weighted by Crippen LogP contribution is 2.19. The van der Waals surface area contributed by atoms with Crippen LogP contribution in [0.4, 0.5) is 14.9 Å². The largest absolute Gasteiger partial charge is 0.369 e. The Morgan fingerprint density at radius 1 is 1.07 bits per heavy atom. The molecule has 3 amide bonds. The van der Waals surface area contributed by atoms with Gasteiger partial charge in [0, 0.05) is 45.5 Å². The van der Waals surface area contributed by atoms with E-state index in [0.717, 1.165) is 51.3 Å². The van der Waals surface area contributed by atoms with Gasteiger partial charge in [-0.05, 0) is 48.6 Å². The summed E-state index contributed by atoms with van der Waals surface area (Å²) in [5.74, 6) is 0.0965. The van der Waals surface area contributed by atoms with E-state index in [2.05, 4.69) is 14.8 Å². The molecule has 1 aromatic carbocycles. The Kier molecular flexibility index (Phi) is 5.80. The van der Waals surface area contributed by atoms with Crippen LogP contribution in [0.2, 0.25) is 0 Å². The van der Waals surface area contributed by atoms with Gasteiger partial charge in [-0.2, -0.15) is 0 Å². The fourth-order valence-electron chi connectivity index (χ4n) is 4.24. The number of aliphatic imine (C=N–C) groups is 1. The summed E-state index contributed by atoms with van der Waals surface area (Å²) in [4.78, 5) is 37.0. The fraction of sp³-hybridized carbons (Fsp3) is 0.524. The minimum absolute atomic E-state index is 0.194. The second-order valence-corrected chi connectivity index (χ2v) is 8.01. The van der Waals surface area contributed by atoms with Crippen molar-refractivity contribution >= 4 is 29.8 Å². The Morgan fingerprint density at radius 2 is 1.73 bits per heavy atom. The average molecular weight is 415 g/mol. The molecule has 0 aromatic heterocycles. The molecule has 0 bridgehead atoms. The van der Waals surface area contributed by atoms with Crippen LogP contribution in [0.3, 0.4) is 0 Å². The number of hydrogen-bond donors (Lipinski definition) is 0. The third-order valence-corrected chi connectivity index (χ3v) is 6.06. The van der Waals surface area contributed by atoms with E-state index < -0.39 is 6.04 Å². The van der Waals surface area contributed by atoms with Crippen LogP contribution < -0.4 is 4.90 Å². The highest BCUT2D eigenvalue weighted by Gasteiger charge is 2.50. The van der Waals surface area contributed by atoms with Gasteiger partial charge in [0.15, 0.2) is 0 Å². The molecule has 0 saturated carbocycles. The van der Waals surface area contributed by atoms with Crippen molar-refractivity contribution in [1.29, 1.82) is 0 Å². The lowest BCUT2D eigenvalue weighted by molar-refractivity contribution is -0.500. The first-order chi connectivity index (χ1) is 14.5. The predicted molar refractivity (Wildman–Crippen MR) is 113 cm³/mol. The van der Waals surface area contributed by atoms with E-state index in [4.69, 9.17) is 0 Å². The molecule has 2 saturated heterocycles. The number of urea groups is 1. The number of nitrogens with zero attached hydrogens (tertiary/aromatic N) is 6. The van der Waals surface area contributed by atoms with Crippen LogP contribution in [-0.2, 0) is 4.79 Å². The van der Waals surface area contributed by atoms with Gasteiger partial charge in [0.05, 0.1) is 7.05 Å². The van der Waals surface area contributed by atoms with Gasteiger partial charge in [-0.25, -0.2) is 13.8 Å². The zero-order valence-electron chi connectivity index (χ0n) is 17.5. The molecule has 1 atom stereocenters. The van der Waals surface area contributed by atoms with Gasteiger partial charge in [0.1, 0.15) is 5.82 Å². The summed E-state index contributed by atoms with van der Waals surface area (Å²) in [7, 11) is 3.47. The Balaban J connectivity index is 1.21. The zero-order valence-corrected chi connectivity index (χ0v) is 17.5. The Labute approximate surface area is 175 Å². The van der Waals surface area contributed by atoms with Crippen molar-refractivity contribution < 1.29 is 18.6 Å². The van der Waals surface area contributed by atoms with Gasteiger partial charge >= 0.3 is 6.03 Å². The number of amidine groups is 1. The van der Waals surface area contributed by atoms with Crippen molar-refractivity contribution in [1.82, 2.24) is 14.7 Å². The standard InChI is InChI=1S/C21H28FN6O2/c1-24-15-23-19-18(24)20(29)28(21(30)25(19)2)10-4-3-9-26-11-13-27(14-12-26)17-7-5-16(22)6-8-17/h5-8,15,18H,3-4,9-14H2,1-2H3/q+1. The highest BCUT2D eigenvalue weighted by molar-refractivity contribution is 6.21. The summed E-state index contributed by atoms with van der Waals surface area (Å²) in [6.07, 6.45) is 3.29. The predicted octanol–water partition coefficient (Wildman–Crippen LogP) is 1.07. The molecule has 0 aliphatic carbocycles. The molecule has 1 unspecified atom stereocenters. The van der Waals surface area contributed by atoms with Crippen molar-refractivity contribution in [2.24, 2.45) is 4.99 Å². The van der Waals surface area contributed by atoms with E-state index in [1.54, 1.807) is 25.0 Å². The minimum atomic E-state index is -0.493. The third kappa shape index (κ3) is 3.94. The molecule has 30 heavy (non-hydrogen) atoms. The monoisotopic (exact) mass is 415 g/mol. The number of imide groups is 1. The normalized spacial score (nSPS) is 22.4. The molecule has 1 aromatic rings. The number of carbonyl (C=O) groups is 2. The first-order valence-electron chi connectivity index (χ1n) is 10.4. The lowest BCUT2D eigenvalue weighted by Gasteiger charge is -2.36.